The van der Waals surface area contributed by atoms with E-state index in [1.165, 1.54) is 31.4 Å². The smallest absolute Gasteiger partial charge is 0.308 e. The molecule has 0 aliphatic rings. The molecule has 2 aromatic heterocycles. The fourth-order valence-electron chi connectivity index (χ4n) is 3.13. The highest BCUT2D eigenvalue weighted by Gasteiger charge is 2.15. The van der Waals surface area contributed by atoms with Crippen LogP contribution in [-0.4, -0.2) is 40.7 Å². The third kappa shape index (κ3) is 4.85. The van der Waals surface area contributed by atoms with Gasteiger partial charge in [0.15, 0.2) is 11.5 Å². The Hall–Kier alpha value is -4.18. The molecule has 0 aliphatic carbocycles. The number of rotatable bonds is 7. The highest BCUT2D eigenvalue weighted by atomic mass is 32.1. The number of fused-ring (bicyclic) bond motifs is 1. The van der Waals surface area contributed by atoms with E-state index >= 15 is 0 Å². The summed E-state index contributed by atoms with van der Waals surface area (Å²) in [6.45, 7) is 1.31. The Labute approximate surface area is 193 Å². The minimum atomic E-state index is -0.447. The van der Waals surface area contributed by atoms with E-state index in [-0.39, 0.29) is 5.95 Å². The minimum absolute atomic E-state index is 0.190. The van der Waals surface area contributed by atoms with Crippen LogP contribution >= 0.6 is 11.3 Å². The maximum Gasteiger partial charge on any atom is 0.308 e. The molecule has 1 N–H and O–H groups in total. The van der Waals surface area contributed by atoms with Crippen molar-refractivity contribution in [1.29, 1.82) is 0 Å². The van der Waals surface area contributed by atoms with Gasteiger partial charge in [0.1, 0.15) is 5.75 Å². The molecule has 0 radical (unpaired) electrons. The molecule has 0 bridgehead atoms. The monoisotopic (exact) mass is 464 g/mol. The predicted molar refractivity (Wildman–Crippen MR) is 125 cm³/mol. The Morgan fingerprint density at radius 3 is 2.61 bits per heavy atom. The topological polar surface area (TPSA) is 104 Å². The molecule has 1 amide bonds. The first-order valence-corrected chi connectivity index (χ1v) is 10.7. The summed E-state index contributed by atoms with van der Waals surface area (Å²) in [6.07, 6.45) is 2.96. The Balaban J connectivity index is 1.50. The fraction of sp³-hybridized carbons (Fsp3) is 0.130. The molecule has 0 saturated heterocycles. The summed E-state index contributed by atoms with van der Waals surface area (Å²) in [5, 5.41) is 9.02. The van der Waals surface area contributed by atoms with Crippen molar-refractivity contribution in [3.8, 4) is 28.5 Å². The lowest BCUT2D eigenvalue weighted by Gasteiger charge is -2.08. The Morgan fingerprint density at radius 2 is 1.85 bits per heavy atom. The van der Waals surface area contributed by atoms with Gasteiger partial charge in [-0.15, -0.1) is 16.4 Å². The standard InChI is InChI=1S/C23H20N4O5S/c1-14(28)32-19-10-8-15(12-20(19)31-3)9-11-21(29)24-22-25-23-27(26-22)17(13-33-23)16-6-4-5-7-18(16)30-2/h4-13H,1-3H3,(H,24,26,29)/b11-9+. The molecule has 33 heavy (non-hydrogen) atoms. The van der Waals surface area contributed by atoms with Crippen LogP contribution in [0.25, 0.3) is 22.3 Å². The van der Waals surface area contributed by atoms with E-state index in [9.17, 15) is 9.59 Å². The number of nitrogens with zero attached hydrogens (tertiary/aromatic N) is 3. The Bertz CT molecular complexity index is 1360. The Morgan fingerprint density at radius 1 is 1.06 bits per heavy atom. The first kappa shape index (κ1) is 22.0. The fourth-order valence-corrected chi connectivity index (χ4v) is 3.95. The number of esters is 1. The molecular weight excluding hydrogens is 444 g/mol. The van der Waals surface area contributed by atoms with Gasteiger partial charge in [-0.25, -0.2) is 4.52 Å². The highest BCUT2D eigenvalue weighted by molar-refractivity contribution is 7.15. The predicted octanol–water partition coefficient (Wildman–Crippen LogP) is 4.05. The third-order valence-corrected chi connectivity index (χ3v) is 5.38. The SMILES string of the molecule is COc1cc(/C=C/C(=O)Nc2nc3scc(-c4ccccc4OC)n3n2)ccc1OC(C)=O. The lowest BCUT2D eigenvalue weighted by molar-refractivity contribution is -0.132. The average Bonchev–Trinajstić information content (AvgIpc) is 3.38. The van der Waals surface area contributed by atoms with E-state index < -0.39 is 11.9 Å². The van der Waals surface area contributed by atoms with Crippen LogP contribution in [0.15, 0.2) is 53.9 Å². The lowest BCUT2D eigenvalue weighted by atomic mass is 10.1. The summed E-state index contributed by atoms with van der Waals surface area (Å²) in [7, 11) is 3.08. The molecule has 0 unspecified atom stereocenters. The average molecular weight is 465 g/mol. The number of carbonyl (C=O) groups excluding carboxylic acids is 2. The first-order valence-electron chi connectivity index (χ1n) is 9.81. The van der Waals surface area contributed by atoms with Gasteiger partial charge in [0, 0.05) is 23.9 Å². The van der Waals surface area contributed by atoms with E-state index in [0.29, 0.717) is 22.0 Å². The normalized spacial score (nSPS) is 11.0. The number of carbonyl (C=O) groups is 2. The molecule has 0 spiro atoms. The number of methoxy groups -OCH3 is 2. The molecule has 2 aromatic carbocycles. The zero-order valence-corrected chi connectivity index (χ0v) is 18.9. The molecule has 0 saturated carbocycles. The zero-order chi connectivity index (χ0) is 23.4. The molecule has 168 valence electrons. The summed E-state index contributed by atoms with van der Waals surface area (Å²) in [6, 6.07) is 12.6. The van der Waals surface area contributed by atoms with Crippen molar-refractivity contribution in [1.82, 2.24) is 14.6 Å². The van der Waals surface area contributed by atoms with Gasteiger partial charge in [-0.05, 0) is 35.9 Å². The van der Waals surface area contributed by atoms with Gasteiger partial charge in [0.25, 0.3) is 11.9 Å². The van der Waals surface area contributed by atoms with Crippen LogP contribution in [0.1, 0.15) is 12.5 Å². The second kappa shape index (κ2) is 9.53. The van der Waals surface area contributed by atoms with Crippen LogP contribution in [0, 0.1) is 0 Å². The van der Waals surface area contributed by atoms with E-state index in [1.807, 2.05) is 29.6 Å². The third-order valence-electron chi connectivity index (χ3n) is 4.57. The van der Waals surface area contributed by atoms with E-state index in [4.69, 9.17) is 14.2 Å². The largest absolute Gasteiger partial charge is 0.496 e. The maximum absolute atomic E-state index is 12.4. The molecular formula is C23H20N4O5S. The first-order chi connectivity index (χ1) is 16.0. The molecule has 0 fully saturated rings. The van der Waals surface area contributed by atoms with Crippen molar-refractivity contribution in [2.24, 2.45) is 0 Å². The number of nitrogens with one attached hydrogen (secondary N) is 1. The summed E-state index contributed by atoms with van der Waals surface area (Å²) in [4.78, 5) is 28.6. The molecule has 0 atom stereocenters. The quantitative estimate of drug-likeness (QED) is 0.250. The van der Waals surface area contributed by atoms with Crippen molar-refractivity contribution in [3.05, 3.63) is 59.5 Å². The van der Waals surface area contributed by atoms with Gasteiger partial charge in [0.2, 0.25) is 4.96 Å². The summed E-state index contributed by atoms with van der Waals surface area (Å²) >= 11 is 1.41. The van der Waals surface area contributed by atoms with Crippen molar-refractivity contribution in [2.75, 3.05) is 19.5 Å². The molecule has 4 aromatic rings. The highest BCUT2D eigenvalue weighted by Crippen LogP contribution is 2.32. The lowest BCUT2D eigenvalue weighted by Crippen LogP contribution is -2.09. The molecule has 2 heterocycles. The van der Waals surface area contributed by atoms with Crippen molar-refractivity contribution < 1.29 is 23.8 Å². The van der Waals surface area contributed by atoms with Gasteiger partial charge >= 0.3 is 5.97 Å². The Kier molecular flexibility index (Phi) is 6.36. The van der Waals surface area contributed by atoms with E-state index in [1.54, 1.807) is 35.9 Å². The molecule has 0 aliphatic heterocycles. The van der Waals surface area contributed by atoms with Crippen LogP contribution in [0.5, 0.6) is 17.2 Å². The van der Waals surface area contributed by atoms with Gasteiger partial charge in [-0.1, -0.05) is 18.2 Å². The minimum Gasteiger partial charge on any atom is -0.496 e. The maximum atomic E-state index is 12.4. The number of aromatic nitrogens is 3. The number of para-hydroxylation sites is 1. The van der Waals surface area contributed by atoms with Crippen LogP contribution in [-0.2, 0) is 9.59 Å². The summed E-state index contributed by atoms with van der Waals surface area (Å²) in [5.74, 6) is 0.756. The van der Waals surface area contributed by atoms with Gasteiger partial charge < -0.3 is 14.2 Å². The number of anilines is 1. The van der Waals surface area contributed by atoms with Gasteiger partial charge in [-0.3, -0.25) is 14.9 Å². The summed E-state index contributed by atoms with van der Waals surface area (Å²) in [5.41, 5.74) is 2.38. The molecule has 9 nitrogen and oxygen atoms in total. The van der Waals surface area contributed by atoms with Gasteiger partial charge in [-0.2, -0.15) is 4.98 Å². The van der Waals surface area contributed by atoms with Gasteiger partial charge in [0.05, 0.1) is 19.9 Å². The second-order valence-corrected chi connectivity index (χ2v) is 7.61. The zero-order valence-electron chi connectivity index (χ0n) is 18.1. The number of hydrogen-bond acceptors (Lipinski definition) is 8. The van der Waals surface area contributed by atoms with Crippen molar-refractivity contribution >= 4 is 40.2 Å². The van der Waals surface area contributed by atoms with Crippen molar-refractivity contribution in [3.63, 3.8) is 0 Å². The number of ether oxygens (including phenoxy) is 3. The van der Waals surface area contributed by atoms with Crippen LogP contribution in [0.2, 0.25) is 0 Å². The van der Waals surface area contributed by atoms with Crippen LogP contribution < -0.4 is 19.5 Å². The molecule has 4 rings (SSSR count). The van der Waals surface area contributed by atoms with Crippen molar-refractivity contribution in [2.45, 2.75) is 6.92 Å². The van der Waals surface area contributed by atoms with E-state index in [0.717, 1.165) is 17.0 Å². The number of hydrogen-bond donors (Lipinski definition) is 1. The number of benzene rings is 2. The molecule has 10 heteroatoms. The van der Waals surface area contributed by atoms with Crippen LogP contribution in [0.4, 0.5) is 5.95 Å². The van der Waals surface area contributed by atoms with Crippen LogP contribution in [0.3, 0.4) is 0 Å². The summed E-state index contributed by atoms with van der Waals surface area (Å²) < 4.78 is 17.4. The second-order valence-electron chi connectivity index (χ2n) is 6.78. The van der Waals surface area contributed by atoms with E-state index in [2.05, 4.69) is 15.4 Å². The number of amides is 1. The number of thiazole rings is 1.